The fourth-order valence-corrected chi connectivity index (χ4v) is 0.400. The number of rotatable bonds is 0. The summed E-state index contributed by atoms with van der Waals surface area (Å²) in [6.45, 7) is 0.972. The molecule has 4 heteroatoms. The van der Waals surface area contributed by atoms with Crippen molar-refractivity contribution in [3.63, 3.8) is 0 Å². The number of carboxylic acids is 1. The average molecular weight is 154 g/mol. The van der Waals surface area contributed by atoms with E-state index < -0.39 is 5.97 Å². The van der Waals surface area contributed by atoms with Crippen LogP contribution in [-0.4, -0.2) is 5.97 Å². The van der Waals surface area contributed by atoms with Gasteiger partial charge < -0.3 is 15.6 Å². The van der Waals surface area contributed by atoms with Crippen LogP contribution in [0, 0.1) is 0 Å². The largest absolute Gasteiger partial charge is 0.550 e. The monoisotopic (exact) mass is 154 g/mol. The molecule has 0 aliphatic heterocycles. The van der Waals surface area contributed by atoms with Crippen molar-refractivity contribution in [1.29, 1.82) is 0 Å². The third-order valence-electron chi connectivity index (χ3n) is 0.744. The van der Waals surface area contributed by atoms with Gasteiger partial charge in [0.15, 0.2) is 12.4 Å². The van der Waals surface area contributed by atoms with E-state index in [4.69, 9.17) is 15.6 Å². The number of nitrogens with two attached hydrogens (primary N) is 1. The fourth-order valence-electron chi connectivity index (χ4n) is 0.400. The van der Waals surface area contributed by atoms with Crippen molar-refractivity contribution in [3.05, 3.63) is 24.5 Å². The van der Waals surface area contributed by atoms with Crippen molar-refractivity contribution in [2.75, 3.05) is 5.73 Å². The molecule has 1 heterocycles. The maximum Gasteiger partial charge on any atom is 0.169 e. The van der Waals surface area contributed by atoms with E-state index >= 15 is 0 Å². The van der Waals surface area contributed by atoms with E-state index in [2.05, 4.69) is 4.98 Å². The molecule has 0 aliphatic rings. The summed E-state index contributed by atoms with van der Waals surface area (Å²) in [6, 6.07) is 3.61. The lowest BCUT2D eigenvalue weighted by atomic mass is 10.4. The van der Waals surface area contributed by atoms with Gasteiger partial charge in [-0.3, -0.25) is 0 Å². The number of hydrogen-bond acceptors (Lipinski definition) is 3. The number of anilines is 1. The number of aliphatic carboxylic acids is 1. The van der Waals surface area contributed by atoms with Gasteiger partial charge in [0.25, 0.3) is 0 Å². The van der Waals surface area contributed by atoms with Crippen LogP contribution in [0.25, 0.3) is 0 Å². The maximum atomic E-state index is 8.89. The first-order chi connectivity index (χ1) is 5.13. The number of H-pyrrole nitrogens is 1. The Hall–Kier alpha value is -1.58. The van der Waals surface area contributed by atoms with Crippen molar-refractivity contribution >= 4 is 11.7 Å². The molecule has 0 fully saturated rings. The number of hydrogen-bond donors (Lipinski definition) is 1. The van der Waals surface area contributed by atoms with Gasteiger partial charge in [0.05, 0.1) is 0 Å². The summed E-state index contributed by atoms with van der Waals surface area (Å²) in [7, 11) is 0. The van der Waals surface area contributed by atoms with Gasteiger partial charge in [-0.2, -0.15) is 0 Å². The van der Waals surface area contributed by atoms with Crippen LogP contribution in [-0.2, 0) is 4.79 Å². The Bertz CT molecular complexity index is 207. The zero-order valence-corrected chi connectivity index (χ0v) is 6.20. The average Bonchev–Trinajstić information content (AvgIpc) is 1.87. The number of nitrogens with one attached hydrogen (secondary N) is 1. The minimum atomic E-state index is -1.08. The highest BCUT2D eigenvalue weighted by Gasteiger charge is 1.78. The van der Waals surface area contributed by atoms with Crippen LogP contribution >= 0.6 is 0 Å². The molecule has 0 radical (unpaired) electrons. The Morgan fingerprint density at radius 1 is 1.55 bits per heavy atom. The molecule has 0 spiro atoms. The third kappa shape index (κ3) is 8.42. The number of carboxylic acid groups (broad SMARTS) is 1. The highest BCUT2D eigenvalue weighted by molar-refractivity contribution is 5.60. The smallest absolute Gasteiger partial charge is 0.169 e. The van der Waals surface area contributed by atoms with Crippen molar-refractivity contribution < 1.29 is 14.9 Å². The van der Waals surface area contributed by atoms with Crippen LogP contribution in [0.2, 0.25) is 0 Å². The second-order valence-electron chi connectivity index (χ2n) is 1.82. The van der Waals surface area contributed by atoms with Crippen molar-refractivity contribution in [1.82, 2.24) is 0 Å². The minimum absolute atomic E-state index is 0.791. The first-order valence-corrected chi connectivity index (χ1v) is 3.02. The number of aromatic amines is 1. The number of carbonyl (C=O) groups is 1. The van der Waals surface area contributed by atoms with E-state index in [0.29, 0.717) is 0 Å². The van der Waals surface area contributed by atoms with Gasteiger partial charge >= 0.3 is 0 Å². The molecule has 0 bridgehead atoms. The normalized spacial score (nSPS) is 7.73. The summed E-state index contributed by atoms with van der Waals surface area (Å²) in [5.74, 6) is -1.08. The predicted molar refractivity (Wildman–Crippen MR) is 38.1 cm³/mol. The quantitative estimate of drug-likeness (QED) is 0.511. The number of aromatic nitrogens is 1. The Morgan fingerprint density at radius 2 is 1.91 bits per heavy atom. The number of nitrogen functional groups attached to an aromatic ring is 1. The second kappa shape index (κ2) is 5.22. The summed E-state index contributed by atoms with van der Waals surface area (Å²) in [5.41, 5.74) is 6.13. The SMILES string of the molecule is CC(=O)[O-].Nc1cc[nH+]cc1. The molecular formula is C7H10N2O2. The molecule has 4 nitrogen and oxygen atoms in total. The molecule has 0 unspecified atom stereocenters. The molecule has 3 N–H and O–H groups in total. The number of pyridine rings is 1. The van der Waals surface area contributed by atoms with Gasteiger partial charge in [0.2, 0.25) is 0 Å². The van der Waals surface area contributed by atoms with E-state index in [1.54, 1.807) is 24.5 Å². The van der Waals surface area contributed by atoms with Crippen LogP contribution < -0.4 is 15.8 Å². The summed E-state index contributed by atoms with van der Waals surface area (Å²) in [6.07, 6.45) is 3.57. The Kier molecular flexibility index (Phi) is 4.47. The van der Waals surface area contributed by atoms with Gasteiger partial charge in [-0.05, 0) is 6.92 Å². The van der Waals surface area contributed by atoms with Crippen LogP contribution in [0.1, 0.15) is 6.92 Å². The van der Waals surface area contributed by atoms with Gasteiger partial charge in [0.1, 0.15) is 0 Å². The zero-order chi connectivity index (χ0) is 8.69. The Balaban J connectivity index is 0.000000218. The molecule has 1 rings (SSSR count). The lowest BCUT2D eigenvalue weighted by molar-refractivity contribution is -0.377. The van der Waals surface area contributed by atoms with Crippen molar-refractivity contribution in [3.8, 4) is 0 Å². The molecule has 11 heavy (non-hydrogen) atoms. The molecule has 0 saturated heterocycles. The summed E-state index contributed by atoms with van der Waals surface area (Å²) in [4.78, 5) is 11.7. The van der Waals surface area contributed by atoms with E-state index in [9.17, 15) is 0 Å². The first kappa shape index (κ1) is 9.42. The fraction of sp³-hybridized carbons (Fsp3) is 0.143. The molecule has 0 saturated carbocycles. The summed E-state index contributed by atoms with van der Waals surface area (Å²) < 4.78 is 0. The van der Waals surface area contributed by atoms with Crippen LogP contribution in [0.4, 0.5) is 5.69 Å². The lowest BCUT2D eigenvalue weighted by Crippen LogP contribution is -2.16. The van der Waals surface area contributed by atoms with E-state index in [1.807, 2.05) is 0 Å². The molecule has 0 amide bonds. The molecule has 0 aromatic carbocycles. The Morgan fingerprint density at radius 3 is 2.09 bits per heavy atom. The van der Waals surface area contributed by atoms with Gasteiger partial charge in [0, 0.05) is 23.8 Å². The van der Waals surface area contributed by atoms with Crippen molar-refractivity contribution in [2.24, 2.45) is 0 Å². The standard InChI is InChI=1S/C5H6N2.C2H4O2/c6-5-1-3-7-4-2-5;1-2(3)4/h1-4H,(H2,6,7);1H3,(H,3,4). The van der Waals surface area contributed by atoms with Gasteiger partial charge in [-0.25, -0.2) is 4.98 Å². The third-order valence-corrected chi connectivity index (χ3v) is 0.744. The van der Waals surface area contributed by atoms with Gasteiger partial charge in [-0.1, -0.05) is 0 Å². The topological polar surface area (TPSA) is 80.3 Å². The first-order valence-electron chi connectivity index (χ1n) is 3.02. The minimum Gasteiger partial charge on any atom is -0.550 e. The molecule has 0 atom stereocenters. The molecular weight excluding hydrogens is 144 g/mol. The van der Waals surface area contributed by atoms with Gasteiger partial charge in [-0.15, -0.1) is 0 Å². The summed E-state index contributed by atoms with van der Waals surface area (Å²) >= 11 is 0. The molecule has 60 valence electrons. The van der Waals surface area contributed by atoms with E-state index in [-0.39, 0.29) is 0 Å². The van der Waals surface area contributed by atoms with Crippen LogP contribution in [0.5, 0.6) is 0 Å². The predicted octanol–water partition coefficient (Wildman–Crippen LogP) is -1.16. The van der Waals surface area contributed by atoms with E-state index in [1.165, 1.54) is 0 Å². The molecule has 0 aliphatic carbocycles. The highest BCUT2D eigenvalue weighted by Crippen LogP contribution is 1.90. The number of carbonyl (C=O) groups excluding carboxylic acids is 1. The van der Waals surface area contributed by atoms with Crippen LogP contribution in [0.3, 0.4) is 0 Å². The van der Waals surface area contributed by atoms with E-state index in [0.717, 1.165) is 12.6 Å². The Labute approximate surface area is 64.7 Å². The molecule has 1 aromatic rings. The lowest BCUT2D eigenvalue weighted by Gasteiger charge is -1.78. The maximum absolute atomic E-state index is 8.89. The second-order valence-corrected chi connectivity index (χ2v) is 1.82. The highest BCUT2D eigenvalue weighted by atomic mass is 16.4. The van der Waals surface area contributed by atoms with Crippen molar-refractivity contribution in [2.45, 2.75) is 6.92 Å². The van der Waals surface area contributed by atoms with Crippen LogP contribution in [0.15, 0.2) is 24.5 Å². The zero-order valence-electron chi connectivity index (χ0n) is 6.20. The summed E-state index contributed by atoms with van der Waals surface area (Å²) in [5, 5.41) is 8.89. The molecule has 1 aromatic heterocycles.